The molecular weight excluding hydrogens is 346 g/mol. The van der Waals surface area contributed by atoms with Crippen LogP contribution in [0.4, 0.5) is 0 Å². The smallest absolute Gasteiger partial charge is 0.251 e. The first-order chi connectivity index (χ1) is 12.6. The van der Waals surface area contributed by atoms with Crippen LogP contribution in [0.25, 0.3) is 10.2 Å². The molecule has 0 bridgehead atoms. The summed E-state index contributed by atoms with van der Waals surface area (Å²) < 4.78 is 1.09. The number of fused-ring (bicyclic) bond motifs is 1. The van der Waals surface area contributed by atoms with Crippen LogP contribution >= 0.6 is 11.3 Å². The maximum absolute atomic E-state index is 12.8. The van der Waals surface area contributed by atoms with Crippen molar-refractivity contribution >= 4 is 27.5 Å². The van der Waals surface area contributed by atoms with Crippen LogP contribution in [0.2, 0.25) is 0 Å². The van der Waals surface area contributed by atoms with E-state index in [2.05, 4.69) is 15.3 Å². The zero-order valence-electron chi connectivity index (χ0n) is 14.6. The SMILES string of the molecule is Cc1nc2cc(C(=O)NC(Cc3ccncc3)C3CC(O)C3)ccc2s1. The molecule has 0 radical (unpaired) electrons. The van der Waals surface area contributed by atoms with Gasteiger partial charge in [-0.05, 0) is 68.0 Å². The van der Waals surface area contributed by atoms with Crippen molar-refractivity contribution < 1.29 is 9.90 Å². The van der Waals surface area contributed by atoms with E-state index in [1.54, 1.807) is 23.7 Å². The van der Waals surface area contributed by atoms with E-state index in [4.69, 9.17) is 0 Å². The normalized spacial score (nSPS) is 20.5. The molecule has 1 aromatic carbocycles. The summed E-state index contributed by atoms with van der Waals surface area (Å²) in [7, 11) is 0. The third-order valence-corrected chi connectivity index (χ3v) is 5.95. The number of aromatic nitrogens is 2. The van der Waals surface area contributed by atoms with Gasteiger partial charge in [-0.1, -0.05) is 0 Å². The van der Waals surface area contributed by atoms with E-state index in [0.717, 1.165) is 40.1 Å². The third-order valence-electron chi connectivity index (χ3n) is 5.00. The first-order valence-corrected chi connectivity index (χ1v) is 9.65. The maximum Gasteiger partial charge on any atom is 0.251 e. The number of aryl methyl sites for hydroxylation is 1. The number of nitrogens with one attached hydrogen (secondary N) is 1. The van der Waals surface area contributed by atoms with Gasteiger partial charge in [-0.2, -0.15) is 0 Å². The molecule has 3 aromatic rings. The number of nitrogens with zero attached hydrogens (tertiary/aromatic N) is 2. The summed E-state index contributed by atoms with van der Waals surface area (Å²) in [4.78, 5) is 21.3. The highest BCUT2D eigenvalue weighted by Gasteiger charge is 2.35. The molecule has 1 saturated carbocycles. The predicted molar refractivity (Wildman–Crippen MR) is 102 cm³/mol. The Bertz CT molecular complexity index is 919. The van der Waals surface area contributed by atoms with Crippen LogP contribution in [0.5, 0.6) is 0 Å². The van der Waals surface area contributed by atoms with Crippen LogP contribution in [-0.2, 0) is 6.42 Å². The first kappa shape index (κ1) is 17.1. The van der Waals surface area contributed by atoms with Crippen LogP contribution in [0.15, 0.2) is 42.7 Å². The molecule has 4 rings (SSSR count). The average molecular weight is 367 g/mol. The molecule has 1 atom stereocenters. The van der Waals surface area contributed by atoms with Crippen molar-refractivity contribution in [3.8, 4) is 0 Å². The minimum Gasteiger partial charge on any atom is -0.393 e. The number of carbonyl (C=O) groups is 1. The number of amides is 1. The lowest BCUT2D eigenvalue weighted by molar-refractivity contribution is 0.0239. The number of thiazole rings is 1. The molecule has 2 N–H and O–H groups in total. The molecular formula is C20H21N3O2S. The Kier molecular flexibility index (Phi) is 4.70. The molecule has 134 valence electrons. The number of pyridine rings is 1. The molecule has 0 spiro atoms. The van der Waals surface area contributed by atoms with Gasteiger partial charge in [-0.25, -0.2) is 4.98 Å². The Labute approximate surface area is 156 Å². The Morgan fingerprint density at radius 2 is 2.08 bits per heavy atom. The van der Waals surface area contributed by atoms with E-state index in [1.807, 2.05) is 37.3 Å². The van der Waals surface area contributed by atoms with Gasteiger partial charge < -0.3 is 10.4 Å². The standard InChI is InChI=1S/C20H21N3O2S/c1-12-22-18-11-14(2-3-19(18)26-12)20(25)23-17(15-9-16(24)10-15)8-13-4-6-21-7-5-13/h2-7,11,15-17,24H,8-10H2,1H3,(H,23,25). The quantitative estimate of drug-likeness (QED) is 0.727. The van der Waals surface area contributed by atoms with Gasteiger partial charge in [-0.3, -0.25) is 9.78 Å². The van der Waals surface area contributed by atoms with E-state index in [9.17, 15) is 9.90 Å². The summed E-state index contributed by atoms with van der Waals surface area (Å²) in [6.45, 7) is 1.97. The number of rotatable bonds is 5. The fourth-order valence-corrected chi connectivity index (χ4v) is 4.31. The number of aliphatic hydroxyl groups is 1. The lowest BCUT2D eigenvalue weighted by Gasteiger charge is -2.38. The van der Waals surface area contributed by atoms with Crippen LogP contribution in [0.1, 0.15) is 33.8 Å². The van der Waals surface area contributed by atoms with Gasteiger partial charge in [0.15, 0.2) is 0 Å². The number of benzene rings is 1. The Hall–Kier alpha value is -2.31. The molecule has 0 aliphatic heterocycles. The average Bonchev–Trinajstić information content (AvgIpc) is 2.98. The number of hydrogen-bond donors (Lipinski definition) is 2. The van der Waals surface area contributed by atoms with Crippen molar-refractivity contribution in [2.24, 2.45) is 5.92 Å². The number of carbonyl (C=O) groups excluding carboxylic acids is 1. The molecule has 1 aliphatic rings. The van der Waals surface area contributed by atoms with Crippen molar-refractivity contribution in [3.63, 3.8) is 0 Å². The third kappa shape index (κ3) is 3.61. The van der Waals surface area contributed by atoms with E-state index in [1.165, 1.54) is 0 Å². The molecule has 1 aliphatic carbocycles. The zero-order valence-corrected chi connectivity index (χ0v) is 15.4. The van der Waals surface area contributed by atoms with Crippen molar-refractivity contribution in [3.05, 3.63) is 58.9 Å². The van der Waals surface area contributed by atoms with Crippen LogP contribution in [0, 0.1) is 12.8 Å². The minimum absolute atomic E-state index is 0.00108. The molecule has 1 unspecified atom stereocenters. The number of hydrogen-bond acceptors (Lipinski definition) is 5. The second-order valence-electron chi connectivity index (χ2n) is 6.94. The fourth-order valence-electron chi connectivity index (χ4n) is 3.50. The van der Waals surface area contributed by atoms with E-state index < -0.39 is 0 Å². The Balaban J connectivity index is 1.52. The van der Waals surface area contributed by atoms with Crippen LogP contribution < -0.4 is 5.32 Å². The van der Waals surface area contributed by atoms with E-state index in [0.29, 0.717) is 11.5 Å². The van der Waals surface area contributed by atoms with E-state index in [-0.39, 0.29) is 18.1 Å². The van der Waals surface area contributed by atoms with Gasteiger partial charge in [0.1, 0.15) is 0 Å². The van der Waals surface area contributed by atoms with Crippen molar-refractivity contribution in [1.82, 2.24) is 15.3 Å². The molecule has 6 heteroatoms. The fraction of sp³-hybridized carbons (Fsp3) is 0.350. The minimum atomic E-state index is -0.244. The van der Waals surface area contributed by atoms with Gasteiger partial charge in [0.2, 0.25) is 0 Å². The monoisotopic (exact) mass is 367 g/mol. The molecule has 0 saturated heterocycles. The van der Waals surface area contributed by atoms with Gasteiger partial charge in [0.25, 0.3) is 5.91 Å². The van der Waals surface area contributed by atoms with Crippen molar-refractivity contribution in [2.45, 2.75) is 38.3 Å². The van der Waals surface area contributed by atoms with Gasteiger partial charge in [-0.15, -0.1) is 11.3 Å². The van der Waals surface area contributed by atoms with Gasteiger partial charge >= 0.3 is 0 Å². The second-order valence-corrected chi connectivity index (χ2v) is 8.18. The molecule has 26 heavy (non-hydrogen) atoms. The summed E-state index contributed by atoms with van der Waals surface area (Å²) in [6, 6.07) is 9.61. The zero-order chi connectivity index (χ0) is 18.1. The topological polar surface area (TPSA) is 75.1 Å². The van der Waals surface area contributed by atoms with Crippen molar-refractivity contribution in [1.29, 1.82) is 0 Å². The maximum atomic E-state index is 12.8. The van der Waals surface area contributed by atoms with Crippen LogP contribution in [0.3, 0.4) is 0 Å². The second kappa shape index (κ2) is 7.13. The lowest BCUT2D eigenvalue weighted by atomic mass is 9.75. The summed E-state index contributed by atoms with van der Waals surface area (Å²) in [5.41, 5.74) is 2.63. The summed E-state index contributed by atoms with van der Waals surface area (Å²) >= 11 is 1.63. The largest absolute Gasteiger partial charge is 0.393 e. The lowest BCUT2D eigenvalue weighted by Crippen LogP contribution is -2.48. The highest BCUT2D eigenvalue weighted by atomic mass is 32.1. The molecule has 2 aromatic heterocycles. The summed E-state index contributed by atoms with van der Waals surface area (Å²) in [5.74, 6) is 0.213. The Morgan fingerprint density at radius 3 is 2.81 bits per heavy atom. The first-order valence-electron chi connectivity index (χ1n) is 8.83. The molecule has 1 fully saturated rings. The molecule has 2 heterocycles. The van der Waals surface area contributed by atoms with Crippen LogP contribution in [-0.4, -0.2) is 33.1 Å². The van der Waals surface area contributed by atoms with E-state index >= 15 is 0 Å². The Morgan fingerprint density at radius 1 is 1.31 bits per heavy atom. The molecule has 1 amide bonds. The summed E-state index contributed by atoms with van der Waals surface area (Å²) in [5, 5.41) is 13.9. The van der Waals surface area contributed by atoms with Crippen molar-refractivity contribution in [2.75, 3.05) is 0 Å². The highest BCUT2D eigenvalue weighted by molar-refractivity contribution is 7.18. The molecule has 5 nitrogen and oxygen atoms in total. The number of aliphatic hydroxyl groups excluding tert-OH is 1. The van der Waals surface area contributed by atoms with Gasteiger partial charge in [0.05, 0.1) is 21.3 Å². The highest BCUT2D eigenvalue weighted by Crippen LogP contribution is 2.32. The summed E-state index contributed by atoms with van der Waals surface area (Å²) in [6.07, 6.45) is 5.50. The van der Waals surface area contributed by atoms with Gasteiger partial charge in [0, 0.05) is 24.0 Å². The predicted octanol–water partition coefficient (Wildman–Crippen LogP) is 3.11.